The zero-order valence-electron chi connectivity index (χ0n) is 20.3. The average Bonchev–Trinajstić information content (AvgIpc) is 3.67. The van der Waals surface area contributed by atoms with Crippen molar-refractivity contribution in [3.63, 3.8) is 0 Å². The van der Waals surface area contributed by atoms with E-state index in [1.165, 1.54) is 4.90 Å². The van der Waals surface area contributed by atoms with Crippen LogP contribution in [0.3, 0.4) is 0 Å². The maximum Gasteiger partial charge on any atom is 0.248 e. The highest BCUT2D eigenvalue weighted by atomic mass is 16.2. The fraction of sp³-hybridized carbons (Fsp3) is 0.433. The molecule has 0 unspecified atom stereocenters. The third kappa shape index (κ3) is 3.47. The van der Waals surface area contributed by atoms with Gasteiger partial charge < -0.3 is 5.32 Å². The fourth-order valence-electron chi connectivity index (χ4n) is 7.04. The number of rotatable bonds is 7. The van der Waals surface area contributed by atoms with Crippen LogP contribution in [-0.4, -0.2) is 28.7 Å². The molecular weight excluding hydrogens is 436 g/mol. The van der Waals surface area contributed by atoms with Crippen LogP contribution in [0.15, 0.2) is 60.7 Å². The number of nitrogens with one attached hydrogen (secondary N) is 1. The third-order valence-electron chi connectivity index (χ3n) is 8.83. The zero-order valence-corrected chi connectivity index (χ0v) is 20.3. The second kappa shape index (κ2) is 8.47. The highest BCUT2D eigenvalue weighted by molar-refractivity contribution is 6.11. The van der Waals surface area contributed by atoms with Crippen molar-refractivity contribution in [2.75, 3.05) is 5.32 Å². The van der Waals surface area contributed by atoms with E-state index in [0.29, 0.717) is 18.3 Å². The Kier molecular flexibility index (Phi) is 5.39. The molecule has 0 radical (unpaired) electrons. The highest BCUT2D eigenvalue weighted by Gasteiger charge is 2.67. The maximum atomic E-state index is 13.9. The topological polar surface area (TPSA) is 66.5 Å². The minimum absolute atomic E-state index is 0.143. The molecule has 2 aromatic rings. The van der Waals surface area contributed by atoms with E-state index in [1.807, 2.05) is 48.5 Å². The Morgan fingerprint density at radius 3 is 2.00 bits per heavy atom. The Bertz CT molecular complexity index is 1160. The minimum Gasteiger partial charge on any atom is -0.324 e. The van der Waals surface area contributed by atoms with Gasteiger partial charge in [0.1, 0.15) is 6.04 Å². The maximum absolute atomic E-state index is 13.9. The number of benzene rings is 2. The minimum atomic E-state index is -0.867. The Morgan fingerprint density at radius 1 is 0.886 bits per heavy atom. The summed E-state index contributed by atoms with van der Waals surface area (Å²) in [6.07, 6.45) is 7.36. The van der Waals surface area contributed by atoms with Crippen molar-refractivity contribution in [1.29, 1.82) is 0 Å². The number of allylic oxidation sites excluding steroid dienone is 2. The number of imide groups is 1. The van der Waals surface area contributed by atoms with Crippen LogP contribution in [-0.2, 0) is 33.6 Å². The number of amides is 3. The summed E-state index contributed by atoms with van der Waals surface area (Å²) in [4.78, 5) is 42.9. The number of carbonyl (C=O) groups is 3. The van der Waals surface area contributed by atoms with Gasteiger partial charge in [-0.1, -0.05) is 74.5 Å². The Labute approximate surface area is 206 Å². The van der Waals surface area contributed by atoms with E-state index >= 15 is 0 Å². The molecule has 5 nitrogen and oxygen atoms in total. The predicted octanol–water partition coefficient (Wildman–Crippen LogP) is 4.41. The molecule has 0 aromatic heterocycles. The lowest BCUT2D eigenvalue weighted by atomic mass is 9.63. The standard InChI is InChI=1S/C30H32N2O3/c1-3-18-11-8-12-19(4-2)27(18)31-28(33)24(15-17-9-6-5-7-10-17)32-29(34)25-20-13-14-21(23-16-22(20)23)26(25)30(32)35/h5-14,20-26H,3-4,15-16H2,1-2H3,(H,31,33)/t20-,21-,22-,23-,24-,25-,26+/m1/s1. The van der Waals surface area contributed by atoms with Gasteiger partial charge in [-0.15, -0.1) is 0 Å². The Balaban J connectivity index is 1.35. The zero-order chi connectivity index (χ0) is 24.3. The van der Waals surface area contributed by atoms with E-state index in [-0.39, 0.29) is 41.4 Å². The Hall–Kier alpha value is -3.21. The van der Waals surface area contributed by atoms with E-state index in [9.17, 15) is 14.4 Å². The average molecular weight is 469 g/mol. The number of aryl methyl sites for hydroxylation is 2. The van der Waals surface area contributed by atoms with Crippen molar-refractivity contribution in [2.24, 2.45) is 35.5 Å². The summed E-state index contributed by atoms with van der Waals surface area (Å²) in [6, 6.07) is 14.9. The number of hydrogen-bond donors (Lipinski definition) is 1. The number of para-hydroxylation sites is 1. The van der Waals surface area contributed by atoms with E-state index in [2.05, 4.69) is 31.3 Å². The first-order chi connectivity index (χ1) is 17.0. The Morgan fingerprint density at radius 2 is 1.46 bits per heavy atom. The molecule has 2 saturated carbocycles. The molecule has 7 rings (SSSR count). The molecule has 2 aromatic carbocycles. The molecular formula is C30H32N2O3. The molecule has 1 heterocycles. The van der Waals surface area contributed by atoms with Crippen molar-refractivity contribution >= 4 is 23.4 Å². The van der Waals surface area contributed by atoms with E-state index in [1.54, 1.807) is 0 Å². The van der Waals surface area contributed by atoms with Crippen LogP contribution >= 0.6 is 0 Å². The first-order valence-corrected chi connectivity index (χ1v) is 13.0. The molecule has 1 saturated heterocycles. The summed E-state index contributed by atoms with van der Waals surface area (Å²) in [6.45, 7) is 4.14. The van der Waals surface area contributed by atoms with Crippen molar-refractivity contribution < 1.29 is 14.4 Å². The molecule has 35 heavy (non-hydrogen) atoms. The third-order valence-corrected chi connectivity index (χ3v) is 8.83. The van der Waals surface area contributed by atoms with Gasteiger partial charge in [-0.3, -0.25) is 19.3 Å². The van der Waals surface area contributed by atoms with Crippen molar-refractivity contribution in [3.05, 3.63) is 77.4 Å². The second-order valence-electron chi connectivity index (χ2n) is 10.6. The molecule has 5 aliphatic rings. The molecule has 3 amide bonds. The van der Waals surface area contributed by atoms with E-state index in [0.717, 1.165) is 41.6 Å². The van der Waals surface area contributed by atoms with Crippen LogP contribution in [0.1, 0.15) is 37.0 Å². The molecule has 5 heteroatoms. The largest absolute Gasteiger partial charge is 0.324 e. The van der Waals surface area contributed by atoms with Gasteiger partial charge in [0.2, 0.25) is 17.7 Å². The molecule has 180 valence electrons. The lowest BCUT2D eigenvalue weighted by Gasteiger charge is -2.37. The van der Waals surface area contributed by atoms with Crippen LogP contribution in [0.4, 0.5) is 5.69 Å². The van der Waals surface area contributed by atoms with Crippen LogP contribution < -0.4 is 5.32 Å². The highest BCUT2D eigenvalue weighted by Crippen LogP contribution is 2.65. The van der Waals surface area contributed by atoms with Crippen LogP contribution in [0.2, 0.25) is 0 Å². The van der Waals surface area contributed by atoms with Crippen molar-refractivity contribution in [3.8, 4) is 0 Å². The number of carbonyl (C=O) groups excluding carboxylic acids is 3. The lowest BCUT2D eigenvalue weighted by Crippen LogP contribution is -2.49. The van der Waals surface area contributed by atoms with Crippen LogP contribution in [0, 0.1) is 35.5 Å². The lowest BCUT2D eigenvalue weighted by molar-refractivity contribution is -0.146. The van der Waals surface area contributed by atoms with Gasteiger partial charge >= 0.3 is 0 Å². The number of hydrogen-bond acceptors (Lipinski definition) is 3. The van der Waals surface area contributed by atoms with Crippen LogP contribution in [0.25, 0.3) is 0 Å². The number of nitrogens with zero attached hydrogens (tertiary/aromatic N) is 1. The van der Waals surface area contributed by atoms with Gasteiger partial charge in [0, 0.05) is 12.1 Å². The summed E-state index contributed by atoms with van der Waals surface area (Å²) in [5, 5.41) is 3.16. The predicted molar refractivity (Wildman–Crippen MR) is 134 cm³/mol. The van der Waals surface area contributed by atoms with Gasteiger partial charge in [-0.2, -0.15) is 0 Å². The monoisotopic (exact) mass is 468 g/mol. The summed E-state index contributed by atoms with van der Waals surface area (Å²) in [7, 11) is 0. The van der Waals surface area contributed by atoms with E-state index in [4.69, 9.17) is 0 Å². The smallest absolute Gasteiger partial charge is 0.248 e. The van der Waals surface area contributed by atoms with Gasteiger partial charge in [0.15, 0.2) is 0 Å². The van der Waals surface area contributed by atoms with Gasteiger partial charge in [0.25, 0.3) is 0 Å². The molecule has 1 aliphatic heterocycles. The number of anilines is 1. The van der Waals surface area contributed by atoms with Gasteiger partial charge in [0.05, 0.1) is 11.8 Å². The quantitative estimate of drug-likeness (QED) is 0.483. The van der Waals surface area contributed by atoms with Crippen molar-refractivity contribution in [2.45, 2.75) is 45.6 Å². The molecule has 4 aliphatic carbocycles. The van der Waals surface area contributed by atoms with Gasteiger partial charge in [-0.25, -0.2) is 0 Å². The summed E-state index contributed by atoms with van der Waals surface area (Å²) >= 11 is 0. The van der Waals surface area contributed by atoms with Crippen LogP contribution in [0.5, 0.6) is 0 Å². The molecule has 1 N–H and O–H groups in total. The first-order valence-electron chi connectivity index (χ1n) is 13.0. The molecule has 2 bridgehead atoms. The SMILES string of the molecule is CCc1cccc(CC)c1NC(=O)[C@@H](Cc1ccccc1)N1C(=O)[C@@H]2[C@@H]3C=C[C@H]([C@H]4C[C@H]34)[C@@H]2C1=O. The fourth-order valence-corrected chi connectivity index (χ4v) is 7.04. The summed E-state index contributed by atoms with van der Waals surface area (Å²) < 4.78 is 0. The summed E-state index contributed by atoms with van der Waals surface area (Å²) in [5.74, 6) is 0.160. The van der Waals surface area contributed by atoms with E-state index < -0.39 is 6.04 Å². The second-order valence-corrected chi connectivity index (χ2v) is 10.6. The normalized spacial score (nSPS) is 30.7. The molecule has 0 spiro atoms. The molecule has 7 atom stereocenters. The van der Waals surface area contributed by atoms with Crippen molar-refractivity contribution in [1.82, 2.24) is 4.90 Å². The summed E-state index contributed by atoms with van der Waals surface area (Å²) in [5.41, 5.74) is 3.88. The number of likely N-dealkylation sites (tertiary alicyclic amines) is 1. The molecule has 3 fully saturated rings. The van der Waals surface area contributed by atoms with Gasteiger partial charge in [-0.05, 0) is 59.6 Å². The first kappa shape index (κ1) is 22.3.